The lowest BCUT2D eigenvalue weighted by atomic mass is 10.2. The summed E-state index contributed by atoms with van der Waals surface area (Å²) in [5.41, 5.74) is 7.76. The molecule has 2 aromatic heterocycles. The predicted molar refractivity (Wildman–Crippen MR) is 74.8 cm³/mol. The number of aryl methyl sites for hydroxylation is 1. The van der Waals surface area contributed by atoms with Gasteiger partial charge in [0.1, 0.15) is 5.69 Å². The third kappa shape index (κ3) is 2.36. The van der Waals surface area contributed by atoms with E-state index in [1.165, 1.54) is 10.9 Å². The van der Waals surface area contributed by atoms with E-state index in [-0.39, 0.29) is 5.91 Å². The van der Waals surface area contributed by atoms with E-state index in [0.29, 0.717) is 24.0 Å². The molecule has 20 heavy (non-hydrogen) atoms. The normalized spacial score (nSPS) is 14.2. The van der Waals surface area contributed by atoms with E-state index in [1.807, 2.05) is 17.0 Å². The van der Waals surface area contributed by atoms with Gasteiger partial charge in [-0.15, -0.1) is 0 Å². The van der Waals surface area contributed by atoms with Crippen LogP contribution in [0.15, 0.2) is 30.7 Å². The highest BCUT2D eigenvalue weighted by Crippen LogP contribution is 2.30. The van der Waals surface area contributed by atoms with Crippen molar-refractivity contribution < 1.29 is 4.79 Å². The maximum absolute atomic E-state index is 12.7. The fourth-order valence-electron chi connectivity index (χ4n) is 2.29. The van der Waals surface area contributed by atoms with Gasteiger partial charge in [-0.2, -0.15) is 5.10 Å². The van der Waals surface area contributed by atoms with Crippen molar-refractivity contribution in [1.29, 1.82) is 0 Å². The first-order chi connectivity index (χ1) is 9.66. The van der Waals surface area contributed by atoms with Crippen molar-refractivity contribution in [3.05, 3.63) is 42.0 Å². The summed E-state index contributed by atoms with van der Waals surface area (Å²) in [6.45, 7) is 0.557. The maximum Gasteiger partial charge on any atom is 0.274 e. The zero-order chi connectivity index (χ0) is 14.1. The summed E-state index contributed by atoms with van der Waals surface area (Å²) < 4.78 is 1.54. The van der Waals surface area contributed by atoms with Gasteiger partial charge in [-0.3, -0.25) is 14.5 Å². The predicted octanol–water partition coefficient (Wildman–Crippen LogP) is 1.20. The van der Waals surface area contributed by atoms with Crippen LogP contribution < -0.4 is 5.73 Å². The van der Waals surface area contributed by atoms with Gasteiger partial charge in [0.15, 0.2) is 0 Å². The summed E-state index contributed by atoms with van der Waals surface area (Å²) in [6.07, 6.45) is 7.12. The van der Waals surface area contributed by atoms with E-state index in [1.54, 1.807) is 19.4 Å². The number of carbonyl (C=O) groups excluding carboxylic acids is 1. The molecule has 0 unspecified atom stereocenters. The number of hydrogen-bond acceptors (Lipinski definition) is 4. The van der Waals surface area contributed by atoms with Gasteiger partial charge in [-0.25, -0.2) is 0 Å². The quantitative estimate of drug-likeness (QED) is 0.906. The van der Waals surface area contributed by atoms with Crippen molar-refractivity contribution in [2.45, 2.75) is 25.4 Å². The van der Waals surface area contributed by atoms with Crippen molar-refractivity contribution in [3.8, 4) is 0 Å². The number of anilines is 1. The number of nitrogens with zero attached hydrogens (tertiary/aromatic N) is 4. The molecule has 1 fully saturated rings. The molecule has 0 aliphatic heterocycles. The second-order valence-electron chi connectivity index (χ2n) is 5.10. The van der Waals surface area contributed by atoms with Gasteiger partial charge in [0.25, 0.3) is 5.91 Å². The van der Waals surface area contributed by atoms with Crippen LogP contribution in [-0.2, 0) is 13.6 Å². The number of nitrogen functional groups attached to an aromatic ring is 1. The van der Waals surface area contributed by atoms with Crippen LogP contribution in [-0.4, -0.2) is 31.6 Å². The molecule has 0 aromatic carbocycles. The largest absolute Gasteiger partial charge is 0.396 e. The van der Waals surface area contributed by atoms with Crippen LogP contribution in [0.5, 0.6) is 0 Å². The van der Waals surface area contributed by atoms with Crippen LogP contribution in [0.3, 0.4) is 0 Å². The highest BCUT2D eigenvalue weighted by molar-refractivity contribution is 5.97. The number of aromatic nitrogens is 3. The molecule has 0 bridgehead atoms. The molecular weight excluding hydrogens is 254 g/mol. The molecule has 1 aliphatic rings. The fraction of sp³-hybridized carbons (Fsp3) is 0.357. The lowest BCUT2D eigenvalue weighted by molar-refractivity contribution is 0.0719. The van der Waals surface area contributed by atoms with Gasteiger partial charge in [0.2, 0.25) is 0 Å². The van der Waals surface area contributed by atoms with Crippen LogP contribution in [0.2, 0.25) is 0 Å². The Morgan fingerprint density at radius 2 is 2.30 bits per heavy atom. The molecule has 2 aromatic rings. The summed E-state index contributed by atoms with van der Waals surface area (Å²) in [4.78, 5) is 18.7. The second kappa shape index (κ2) is 4.96. The minimum atomic E-state index is -0.0612. The molecule has 0 atom stereocenters. The van der Waals surface area contributed by atoms with Crippen molar-refractivity contribution >= 4 is 11.6 Å². The average Bonchev–Trinajstić information content (AvgIpc) is 3.23. The Hall–Kier alpha value is -2.37. The second-order valence-corrected chi connectivity index (χ2v) is 5.10. The number of rotatable bonds is 4. The highest BCUT2D eigenvalue weighted by Gasteiger charge is 2.34. The molecule has 1 saturated carbocycles. The van der Waals surface area contributed by atoms with Gasteiger partial charge >= 0.3 is 0 Å². The van der Waals surface area contributed by atoms with Crippen LogP contribution in [0, 0.1) is 0 Å². The SMILES string of the molecule is Cn1ncc(N)c1C(=O)N(Cc1cccnc1)C1CC1. The summed E-state index contributed by atoms with van der Waals surface area (Å²) in [7, 11) is 1.73. The first-order valence-electron chi connectivity index (χ1n) is 6.64. The van der Waals surface area contributed by atoms with E-state index in [0.717, 1.165) is 18.4 Å². The van der Waals surface area contributed by atoms with Gasteiger partial charge in [-0.05, 0) is 24.5 Å². The van der Waals surface area contributed by atoms with Gasteiger partial charge in [-0.1, -0.05) is 6.07 Å². The topological polar surface area (TPSA) is 77.0 Å². The van der Waals surface area contributed by atoms with Crippen LogP contribution in [0.25, 0.3) is 0 Å². The number of carbonyl (C=O) groups is 1. The minimum absolute atomic E-state index is 0.0612. The fourth-order valence-corrected chi connectivity index (χ4v) is 2.29. The Balaban J connectivity index is 1.86. The van der Waals surface area contributed by atoms with Crippen molar-refractivity contribution in [3.63, 3.8) is 0 Å². The first kappa shape index (κ1) is 12.7. The molecule has 2 N–H and O–H groups in total. The van der Waals surface area contributed by atoms with E-state index in [4.69, 9.17) is 5.73 Å². The molecule has 6 nitrogen and oxygen atoms in total. The van der Waals surface area contributed by atoms with Crippen molar-refractivity contribution in [2.24, 2.45) is 7.05 Å². The molecule has 0 spiro atoms. The Bertz CT molecular complexity index is 598. The highest BCUT2D eigenvalue weighted by atomic mass is 16.2. The third-order valence-electron chi connectivity index (χ3n) is 3.49. The molecule has 2 heterocycles. The van der Waals surface area contributed by atoms with E-state index in [2.05, 4.69) is 10.1 Å². The third-order valence-corrected chi connectivity index (χ3v) is 3.49. The maximum atomic E-state index is 12.7. The molecule has 104 valence electrons. The monoisotopic (exact) mass is 271 g/mol. The summed E-state index contributed by atoms with van der Waals surface area (Å²) >= 11 is 0. The zero-order valence-corrected chi connectivity index (χ0v) is 11.4. The number of nitrogens with two attached hydrogens (primary N) is 1. The van der Waals surface area contributed by atoms with Crippen LogP contribution >= 0.6 is 0 Å². The number of pyridine rings is 1. The van der Waals surface area contributed by atoms with Crippen LogP contribution in [0.1, 0.15) is 28.9 Å². The number of hydrogen-bond donors (Lipinski definition) is 1. The average molecular weight is 271 g/mol. The Kier molecular flexibility index (Phi) is 3.14. The van der Waals surface area contributed by atoms with Gasteiger partial charge < -0.3 is 10.6 Å². The minimum Gasteiger partial charge on any atom is -0.396 e. The Morgan fingerprint density at radius 3 is 2.85 bits per heavy atom. The first-order valence-corrected chi connectivity index (χ1v) is 6.64. The molecule has 3 rings (SSSR count). The van der Waals surface area contributed by atoms with E-state index >= 15 is 0 Å². The van der Waals surface area contributed by atoms with Crippen molar-refractivity contribution in [1.82, 2.24) is 19.7 Å². The summed E-state index contributed by atoms with van der Waals surface area (Å²) in [6, 6.07) is 4.16. The lowest BCUT2D eigenvalue weighted by Gasteiger charge is -2.22. The van der Waals surface area contributed by atoms with Crippen LogP contribution in [0.4, 0.5) is 5.69 Å². The molecule has 0 radical (unpaired) electrons. The summed E-state index contributed by atoms with van der Waals surface area (Å²) in [5, 5.41) is 4.04. The smallest absolute Gasteiger partial charge is 0.274 e. The number of amides is 1. The van der Waals surface area contributed by atoms with Gasteiger partial charge in [0.05, 0.1) is 11.9 Å². The molecule has 1 amide bonds. The van der Waals surface area contributed by atoms with E-state index in [9.17, 15) is 4.79 Å². The Morgan fingerprint density at radius 1 is 1.50 bits per heavy atom. The molecule has 6 heteroatoms. The summed E-state index contributed by atoms with van der Waals surface area (Å²) in [5.74, 6) is -0.0612. The zero-order valence-electron chi connectivity index (χ0n) is 11.4. The van der Waals surface area contributed by atoms with Crippen molar-refractivity contribution in [2.75, 3.05) is 5.73 Å². The molecule has 0 saturated heterocycles. The Labute approximate surface area is 117 Å². The molecule has 1 aliphatic carbocycles. The van der Waals surface area contributed by atoms with E-state index < -0.39 is 0 Å². The lowest BCUT2D eigenvalue weighted by Crippen LogP contribution is -2.34. The molecular formula is C14H17N5O. The van der Waals surface area contributed by atoms with Gasteiger partial charge in [0, 0.05) is 32.0 Å². The standard InChI is InChI=1S/C14H17N5O/c1-18-13(12(15)8-17-18)14(20)19(11-4-5-11)9-10-3-2-6-16-7-10/h2-3,6-8,11H,4-5,9,15H2,1H3.